The summed E-state index contributed by atoms with van der Waals surface area (Å²) in [7, 11) is 1.56. The van der Waals surface area contributed by atoms with Crippen LogP contribution in [-0.2, 0) is 10.3 Å². The number of rotatable bonds is 4. The molecule has 26 heavy (non-hydrogen) atoms. The maximum absolute atomic E-state index is 14.0. The van der Waals surface area contributed by atoms with E-state index in [1.807, 2.05) is 20.8 Å². The van der Waals surface area contributed by atoms with Gasteiger partial charge in [-0.3, -0.25) is 15.1 Å². The number of carbonyl (C=O) groups excluding carboxylic acids is 1. The second-order valence-corrected chi connectivity index (χ2v) is 7.84. The van der Waals surface area contributed by atoms with E-state index in [2.05, 4.69) is 10.3 Å². The van der Waals surface area contributed by atoms with Crippen LogP contribution in [0.1, 0.15) is 32.2 Å². The molecule has 1 aliphatic rings. The van der Waals surface area contributed by atoms with E-state index in [0.29, 0.717) is 16.3 Å². The van der Waals surface area contributed by atoms with Crippen molar-refractivity contribution in [3.8, 4) is 16.2 Å². The van der Waals surface area contributed by atoms with E-state index in [1.54, 1.807) is 19.3 Å². The summed E-state index contributed by atoms with van der Waals surface area (Å²) in [6.45, 7) is 5.61. The number of benzene rings is 1. The first-order chi connectivity index (χ1) is 12.2. The van der Waals surface area contributed by atoms with Crippen LogP contribution in [0.25, 0.3) is 10.4 Å². The SMILES string of the molecule is CC(C)Oc1cc(F)cc(-c2cnc([C@]3(C)CC(=O)N(C)C(=N)N3)s2)c1. The van der Waals surface area contributed by atoms with Crippen LogP contribution in [0.3, 0.4) is 0 Å². The molecule has 1 amide bonds. The van der Waals surface area contributed by atoms with E-state index in [-0.39, 0.29) is 30.2 Å². The molecule has 1 atom stereocenters. The summed E-state index contributed by atoms with van der Waals surface area (Å²) in [6.07, 6.45) is 1.80. The number of guanidine groups is 1. The topological polar surface area (TPSA) is 78.3 Å². The quantitative estimate of drug-likeness (QED) is 0.858. The number of thiazole rings is 1. The van der Waals surface area contributed by atoms with Crippen LogP contribution < -0.4 is 10.1 Å². The van der Waals surface area contributed by atoms with Gasteiger partial charge in [0.2, 0.25) is 5.91 Å². The van der Waals surface area contributed by atoms with Crippen LogP contribution >= 0.6 is 11.3 Å². The third-order valence-corrected chi connectivity index (χ3v) is 5.42. The van der Waals surface area contributed by atoms with Crippen LogP contribution in [0.15, 0.2) is 24.4 Å². The third-order valence-electron chi connectivity index (χ3n) is 4.11. The molecule has 2 aromatic rings. The summed E-state index contributed by atoms with van der Waals surface area (Å²) < 4.78 is 19.6. The predicted octanol–water partition coefficient (Wildman–Crippen LogP) is 3.34. The molecule has 2 heterocycles. The van der Waals surface area contributed by atoms with E-state index >= 15 is 0 Å². The molecule has 8 heteroatoms. The van der Waals surface area contributed by atoms with Crippen molar-refractivity contribution in [3.05, 3.63) is 35.2 Å². The molecule has 0 saturated carbocycles. The summed E-state index contributed by atoms with van der Waals surface area (Å²) in [4.78, 5) is 18.6. The Balaban J connectivity index is 1.92. The first-order valence-electron chi connectivity index (χ1n) is 8.25. The highest BCUT2D eigenvalue weighted by Crippen LogP contribution is 2.36. The average Bonchev–Trinajstić information content (AvgIpc) is 3.02. The summed E-state index contributed by atoms with van der Waals surface area (Å²) in [5.41, 5.74) is -0.0869. The molecular weight excluding hydrogens is 355 g/mol. The number of carbonyl (C=O) groups is 1. The summed E-state index contributed by atoms with van der Waals surface area (Å²) >= 11 is 1.37. The Labute approximate surface area is 155 Å². The maximum atomic E-state index is 14.0. The van der Waals surface area contributed by atoms with Crippen LogP contribution in [0, 0.1) is 11.2 Å². The molecule has 1 fully saturated rings. The third kappa shape index (κ3) is 3.55. The van der Waals surface area contributed by atoms with Crippen molar-refractivity contribution in [2.45, 2.75) is 38.8 Å². The second-order valence-electron chi connectivity index (χ2n) is 6.81. The van der Waals surface area contributed by atoms with Gasteiger partial charge in [0, 0.05) is 19.3 Å². The normalized spacial score (nSPS) is 20.5. The van der Waals surface area contributed by atoms with Crippen LogP contribution in [-0.4, -0.2) is 34.9 Å². The van der Waals surface area contributed by atoms with Crippen LogP contribution in [0.2, 0.25) is 0 Å². The lowest BCUT2D eigenvalue weighted by Crippen LogP contribution is -2.58. The average molecular weight is 376 g/mol. The van der Waals surface area contributed by atoms with Crippen molar-refractivity contribution in [3.63, 3.8) is 0 Å². The fraction of sp³-hybridized carbons (Fsp3) is 0.389. The number of nitrogens with one attached hydrogen (secondary N) is 2. The molecule has 0 spiro atoms. The molecule has 0 aliphatic carbocycles. The molecule has 0 radical (unpaired) electrons. The van der Waals surface area contributed by atoms with Crippen molar-refractivity contribution in [2.75, 3.05) is 7.05 Å². The molecule has 0 bridgehead atoms. The second kappa shape index (κ2) is 6.68. The molecule has 2 N–H and O–H groups in total. The van der Waals surface area contributed by atoms with E-state index in [4.69, 9.17) is 10.1 Å². The Morgan fingerprint density at radius 2 is 2.15 bits per heavy atom. The standard InChI is InChI=1S/C18H21FN4O2S/c1-10(2)25-13-6-11(5-12(19)7-13)14-9-21-16(26-14)18(3)8-15(24)23(4)17(20)22-18/h5-7,9-10H,8H2,1-4H3,(H2,20,22)/t18-/m0/s1. The first-order valence-corrected chi connectivity index (χ1v) is 9.07. The molecular formula is C18H21FN4O2S. The highest BCUT2D eigenvalue weighted by atomic mass is 32.1. The zero-order valence-electron chi connectivity index (χ0n) is 15.1. The Kier molecular flexibility index (Phi) is 4.70. The molecule has 138 valence electrons. The molecule has 1 saturated heterocycles. The molecule has 1 aromatic carbocycles. The minimum absolute atomic E-state index is 0.0406. The predicted molar refractivity (Wildman–Crippen MR) is 98.9 cm³/mol. The van der Waals surface area contributed by atoms with Gasteiger partial charge in [0.25, 0.3) is 0 Å². The zero-order valence-corrected chi connectivity index (χ0v) is 15.9. The number of hydrogen-bond donors (Lipinski definition) is 2. The summed E-state index contributed by atoms with van der Waals surface area (Å²) in [6, 6.07) is 4.56. The number of amides is 1. The maximum Gasteiger partial charge on any atom is 0.231 e. The Hall–Kier alpha value is -2.48. The van der Waals surface area contributed by atoms with E-state index in [1.165, 1.54) is 28.4 Å². The number of nitrogens with zero attached hydrogens (tertiary/aromatic N) is 2. The fourth-order valence-corrected chi connectivity index (χ4v) is 3.78. The van der Waals surface area contributed by atoms with Gasteiger partial charge in [-0.2, -0.15) is 0 Å². The largest absolute Gasteiger partial charge is 0.491 e. The van der Waals surface area contributed by atoms with Crippen LogP contribution in [0.5, 0.6) is 5.75 Å². The van der Waals surface area contributed by atoms with Gasteiger partial charge >= 0.3 is 0 Å². The molecule has 3 rings (SSSR count). The monoisotopic (exact) mass is 376 g/mol. The highest BCUT2D eigenvalue weighted by Gasteiger charge is 2.40. The van der Waals surface area contributed by atoms with E-state index in [0.717, 1.165) is 4.88 Å². The molecule has 6 nitrogen and oxygen atoms in total. The van der Waals surface area contributed by atoms with Crippen molar-refractivity contribution in [1.82, 2.24) is 15.2 Å². The van der Waals surface area contributed by atoms with Gasteiger partial charge in [0.15, 0.2) is 5.96 Å². The van der Waals surface area contributed by atoms with Crippen molar-refractivity contribution >= 4 is 23.2 Å². The lowest BCUT2D eigenvalue weighted by molar-refractivity contribution is -0.129. The number of halogens is 1. The number of ether oxygens (including phenoxy) is 1. The molecule has 1 aliphatic heterocycles. The Bertz CT molecular complexity index is 847. The van der Waals surface area contributed by atoms with Crippen molar-refractivity contribution in [1.29, 1.82) is 5.41 Å². The Morgan fingerprint density at radius 1 is 1.42 bits per heavy atom. The summed E-state index contributed by atoms with van der Waals surface area (Å²) in [5, 5.41) is 11.6. The lowest BCUT2D eigenvalue weighted by atomic mass is 9.96. The lowest BCUT2D eigenvalue weighted by Gasteiger charge is -2.37. The summed E-state index contributed by atoms with van der Waals surface area (Å²) in [5.74, 6) is -0.0236. The van der Waals surface area contributed by atoms with Crippen LogP contribution in [0.4, 0.5) is 4.39 Å². The minimum Gasteiger partial charge on any atom is -0.491 e. The van der Waals surface area contributed by atoms with Crippen molar-refractivity contribution < 1.29 is 13.9 Å². The van der Waals surface area contributed by atoms with Gasteiger partial charge < -0.3 is 10.1 Å². The zero-order chi connectivity index (χ0) is 19.1. The Morgan fingerprint density at radius 3 is 2.81 bits per heavy atom. The van der Waals surface area contributed by atoms with Gasteiger partial charge in [0.05, 0.1) is 22.9 Å². The highest BCUT2D eigenvalue weighted by molar-refractivity contribution is 7.15. The van der Waals surface area contributed by atoms with E-state index in [9.17, 15) is 9.18 Å². The van der Waals surface area contributed by atoms with Gasteiger partial charge in [-0.05, 0) is 38.5 Å². The van der Waals surface area contributed by atoms with Gasteiger partial charge in [-0.15, -0.1) is 11.3 Å². The minimum atomic E-state index is -0.756. The molecule has 0 unspecified atom stereocenters. The van der Waals surface area contributed by atoms with Gasteiger partial charge in [0.1, 0.15) is 16.6 Å². The van der Waals surface area contributed by atoms with Gasteiger partial charge in [-0.1, -0.05) is 0 Å². The number of hydrogen-bond acceptors (Lipinski definition) is 5. The smallest absolute Gasteiger partial charge is 0.231 e. The fourth-order valence-electron chi connectivity index (χ4n) is 2.77. The van der Waals surface area contributed by atoms with E-state index < -0.39 is 5.54 Å². The van der Waals surface area contributed by atoms with Gasteiger partial charge in [-0.25, -0.2) is 9.37 Å². The van der Waals surface area contributed by atoms with Crippen molar-refractivity contribution in [2.24, 2.45) is 0 Å². The molecule has 1 aromatic heterocycles. The number of aromatic nitrogens is 1. The first kappa shape index (κ1) is 18.3.